The van der Waals surface area contributed by atoms with E-state index in [2.05, 4.69) is 6.92 Å². The molecule has 1 saturated carbocycles. The van der Waals surface area contributed by atoms with Crippen molar-refractivity contribution in [3.8, 4) is 0 Å². The first-order valence-electron chi connectivity index (χ1n) is 6.46. The molecule has 1 unspecified atom stereocenters. The first-order valence-corrected chi connectivity index (χ1v) is 6.84. The Kier molecular flexibility index (Phi) is 4.27. The number of carbonyl (C=O) groups is 1. The maximum atomic E-state index is 11.9. The van der Waals surface area contributed by atoms with E-state index in [0.29, 0.717) is 16.7 Å². The van der Waals surface area contributed by atoms with Crippen LogP contribution in [0.1, 0.15) is 45.4 Å². The van der Waals surface area contributed by atoms with E-state index in [0.717, 1.165) is 32.1 Å². The third kappa shape index (κ3) is 3.35. The average Bonchev–Trinajstić information content (AvgIpc) is 2.34. The van der Waals surface area contributed by atoms with Gasteiger partial charge < -0.3 is 4.74 Å². The van der Waals surface area contributed by atoms with Gasteiger partial charge in [-0.15, -0.1) is 0 Å². The zero-order valence-corrected chi connectivity index (χ0v) is 11.0. The number of halogens is 1. The molecule has 2 aliphatic carbocycles. The quantitative estimate of drug-likeness (QED) is 0.692. The van der Waals surface area contributed by atoms with E-state index in [1.807, 2.05) is 12.2 Å². The Morgan fingerprint density at radius 2 is 2.06 bits per heavy atom. The van der Waals surface area contributed by atoms with Gasteiger partial charge in [-0.05, 0) is 31.3 Å². The Hall–Kier alpha value is -0.760. The fourth-order valence-corrected chi connectivity index (χ4v) is 2.74. The number of hydrogen-bond acceptors (Lipinski definition) is 2. The molecule has 2 aliphatic rings. The van der Waals surface area contributed by atoms with E-state index in [-0.39, 0.29) is 11.9 Å². The van der Waals surface area contributed by atoms with Gasteiger partial charge in [0.1, 0.15) is 5.76 Å². The van der Waals surface area contributed by atoms with Gasteiger partial charge in [0.15, 0.2) is 0 Å². The van der Waals surface area contributed by atoms with Crippen molar-refractivity contribution in [2.75, 3.05) is 0 Å². The van der Waals surface area contributed by atoms with E-state index in [4.69, 9.17) is 16.3 Å². The topological polar surface area (TPSA) is 26.3 Å². The predicted octanol–water partition coefficient (Wildman–Crippen LogP) is 4.16. The molecule has 0 bridgehead atoms. The summed E-state index contributed by atoms with van der Waals surface area (Å²) >= 11 is 6.08. The number of esters is 1. The van der Waals surface area contributed by atoms with Crippen LogP contribution in [0.15, 0.2) is 22.9 Å². The molecule has 0 aromatic carbocycles. The molecule has 2 rings (SSSR count). The van der Waals surface area contributed by atoms with Crippen LogP contribution in [0.3, 0.4) is 0 Å². The summed E-state index contributed by atoms with van der Waals surface area (Å²) < 4.78 is 5.41. The summed E-state index contributed by atoms with van der Waals surface area (Å²) in [6.45, 7) is 2.10. The van der Waals surface area contributed by atoms with Gasteiger partial charge in [0, 0.05) is 0 Å². The summed E-state index contributed by atoms with van der Waals surface area (Å²) in [4.78, 5) is 11.9. The van der Waals surface area contributed by atoms with Crippen molar-refractivity contribution in [1.82, 2.24) is 0 Å². The summed E-state index contributed by atoms with van der Waals surface area (Å²) in [5.74, 6) is 0.963. The predicted molar refractivity (Wildman–Crippen MR) is 68.5 cm³/mol. The van der Waals surface area contributed by atoms with Crippen molar-refractivity contribution in [3.05, 3.63) is 22.9 Å². The van der Waals surface area contributed by atoms with Crippen molar-refractivity contribution >= 4 is 17.6 Å². The Balaban J connectivity index is 1.92. The molecule has 0 aromatic rings. The van der Waals surface area contributed by atoms with Crippen LogP contribution in [0.2, 0.25) is 0 Å². The van der Waals surface area contributed by atoms with Crippen molar-refractivity contribution in [3.63, 3.8) is 0 Å². The smallest absolute Gasteiger partial charge is 0.314 e. The molecule has 0 spiro atoms. The second-order valence-electron chi connectivity index (χ2n) is 5.05. The molecule has 0 heterocycles. The summed E-state index contributed by atoms with van der Waals surface area (Å²) in [7, 11) is 0. The highest BCUT2D eigenvalue weighted by Crippen LogP contribution is 2.30. The molecular weight excluding hydrogens is 236 g/mol. The van der Waals surface area contributed by atoms with Crippen molar-refractivity contribution < 1.29 is 9.53 Å². The highest BCUT2D eigenvalue weighted by molar-refractivity contribution is 6.31. The van der Waals surface area contributed by atoms with Gasteiger partial charge >= 0.3 is 5.97 Å². The summed E-state index contributed by atoms with van der Waals surface area (Å²) in [6, 6.07) is 0. The first-order chi connectivity index (χ1) is 8.16. The van der Waals surface area contributed by atoms with E-state index in [1.165, 1.54) is 6.42 Å². The Morgan fingerprint density at radius 3 is 2.71 bits per heavy atom. The number of ether oxygens (including phenoxy) is 1. The Labute approximate surface area is 108 Å². The van der Waals surface area contributed by atoms with Gasteiger partial charge in [0.2, 0.25) is 0 Å². The van der Waals surface area contributed by atoms with E-state index < -0.39 is 0 Å². The molecule has 0 radical (unpaired) electrons. The SMILES string of the molecule is CC1C=C(Cl)C(OC(=O)C2CCCCC2)=CC1. The zero-order valence-electron chi connectivity index (χ0n) is 10.2. The van der Waals surface area contributed by atoms with Gasteiger partial charge in [0.05, 0.1) is 11.0 Å². The third-order valence-electron chi connectivity index (χ3n) is 3.49. The van der Waals surface area contributed by atoms with Gasteiger partial charge in [-0.25, -0.2) is 0 Å². The molecule has 0 aromatic heterocycles. The number of allylic oxidation sites excluding steroid dienone is 3. The average molecular weight is 255 g/mol. The summed E-state index contributed by atoms with van der Waals surface area (Å²) in [6.07, 6.45) is 10.2. The molecule has 0 N–H and O–H groups in total. The van der Waals surface area contributed by atoms with Crippen LogP contribution in [0.5, 0.6) is 0 Å². The normalized spacial score (nSPS) is 26.1. The van der Waals surface area contributed by atoms with Gasteiger partial charge in [0.25, 0.3) is 0 Å². The third-order valence-corrected chi connectivity index (χ3v) is 3.80. The number of hydrogen-bond donors (Lipinski definition) is 0. The minimum Gasteiger partial charge on any atom is -0.425 e. The molecule has 3 heteroatoms. The van der Waals surface area contributed by atoms with Crippen LogP contribution in [0.25, 0.3) is 0 Å². The van der Waals surface area contributed by atoms with Crippen LogP contribution in [-0.4, -0.2) is 5.97 Å². The molecule has 2 nitrogen and oxygen atoms in total. The van der Waals surface area contributed by atoms with E-state index in [9.17, 15) is 4.79 Å². The zero-order chi connectivity index (χ0) is 12.3. The van der Waals surface area contributed by atoms with Crippen LogP contribution < -0.4 is 0 Å². The van der Waals surface area contributed by atoms with Crippen molar-refractivity contribution in [1.29, 1.82) is 0 Å². The highest BCUT2D eigenvalue weighted by Gasteiger charge is 2.25. The standard InChI is InChI=1S/C14H19ClO2/c1-10-7-8-13(12(15)9-10)17-14(16)11-5-3-2-4-6-11/h8-11H,2-7H2,1H3. The molecule has 0 amide bonds. The lowest BCUT2D eigenvalue weighted by Gasteiger charge is -2.22. The van der Waals surface area contributed by atoms with Gasteiger partial charge in [-0.1, -0.05) is 43.9 Å². The van der Waals surface area contributed by atoms with E-state index in [1.54, 1.807) is 0 Å². The fraction of sp³-hybridized carbons (Fsp3) is 0.643. The van der Waals surface area contributed by atoms with Crippen LogP contribution in [-0.2, 0) is 9.53 Å². The number of carbonyl (C=O) groups excluding carboxylic acids is 1. The number of rotatable bonds is 2. The highest BCUT2D eigenvalue weighted by atomic mass is 35.5. The first kappa shape index (κ1) is 12.7. The van der Waals surface area contributed by atoms with Crippen molar-refractivity contribution in [2.24, 2.45) is 11.8 Å². The molecular formula is C14H19ClO2. The second-order valence-corrected chi connectivity index (χ2v) is 5.46. The van der Waals surface area contributed by atoms with Crippen molar-refractivity contribution in [2.45, 2.75) is 45.4 Å². The largest absolute Gasteiger partial charge is 0.425 e. The minimum atomic E-state index is -0.1000. The van der Waals surface area contributed by atoms with Crippen LogP contribution in [0.4, 0.5) is 0 Å². The lowest BCUT2D eigenvalue weighted by atomic mass is 9.89. The summed E-state index contributed by atoms with van der Waals surface area (Å²) in [5.41, 5.74) is 0. The lowest BCUT2D eigenvalue weighted by molar-refractivity contribution is -0.144. The molecule has 0 aliphatic heterocycles. The Bertz CT molecular complexity index is 351. The van der Waals surface area contributed by atoms with Gasteiger partial charge in [-0.2, -0.15) is 0 Å². The molecule has 94 valence electrons. The van der Waals surface area contributed by atoms with Crippen LogP contribution >= 0.6 is 11.6 Å². The Morgan fingerprint density at radius 1 is 1.35 bits per heavy atom. The maximum absolute atomic E-state index is 11.9. The maximum Gasteiger partial charge on any atom is 0.314 e. The van der Waals surface area contributed by atoms with E-state index >= 15 is 0 Å². The monoisotopic (exact) mass is 254 g/mol. The second kappa shape index (κ2) is 5.72. The lowest BCUT2D eigenvalue weighted by Crippen LogP contribution is -2.20. The minimum absolute atomic E-state index is 0.0773. The molecule has 17 heavy (non-hydrogen) atoms. The fourth-order valence-electron chi connectivity index (χ4n) is 2.41. The molecule has 0 saturated heterocycles. The van der Waals surface area contributed by atoms with Gasteiger partial charge in [-0.3, -0.25) is 4.79 Å². The van der Waals surface area contributed by atoms with Crippen LogP contribution in [0, 0.1) is 11.8 Å². The molecule has 1 atom stereocenters. The summed E-state index contributed by atoms with van der Waals surface area (Å²) in [5, 5.41) is 0.577. The molecule has 1 fully saturated rings.